The van der Waals surface area contributed by atoms with E-state index in [9.17, 15) is 28.0 Å². The summed E-state index contributed by atoms with van der Waals surface area (Å²) in [5.74, 6) is -1.78. The highest BCUT2D eigenvalue weighted by atomic mass is 19.4. The number of halogens is 3. The molecular formula is C19H24F3N3O3. The lowest BCUT2D eigenvalue weighted by atomic mass is 10.1. The van der Waals surface area contributed by atoms with E-state index in [0.29, 0.717) is 11.5 Å². The number of aromatic nitrogens is 1. The van der Waals surface area contributed by atoms with Gasteiger partial charge in [-0.15, -0.1) is 0 Å². The molecule has 0 radical (unpaired) electrons. The molecule has 1 unspecified atom stereocenters. The molecule has 0 aliphatic heterocycles. The van der Waals surface area contributed by atoms with Gasteiger partial charge in [-0.25, -0.2) is 4.79 Å². The Morgan fingerprint density at radius 2 is 1.93 bits per heavy atom. The number of nitriles is 1. The maximum absolute atomic E-state index is 12.2. The van der Waals surface area contributed by atoms with Crippen molar-refractivity contribution >= 4 is 18.0 Å². The summed E-state index contributed by atoms with van der Waals surface area (Å²) in [6.07, 6.45) is -4.70. The fourth-order valence-corrected chi connectivity index (χ4v) is 2.52. The van der Waals surface area contributed by atoms with E-state index in [-0.39, 0.29) is 5.57 Å². The SMILES string of the molecule is Cc1cc(/C=C(\C#N)C(=O)OC(C)C(=O)NCC(F)(F)F)c(C)n1CC(C)C. The molecule has 1 amide bonds. The van der Waals surface area contributed by atoms with Crippen molar-refractivity contribution in [1.29, 1.82) is 5.26 Å². The van der Waals surface area contributed by atoms with E-state index in [1.54, 1.807) is 11.4 Å². The van der Waals surface area contributed by atoms with E-state index in [1.807, 2.05) is 19.9 Å². The molecule has 0 aliphatic rings. The van der Waals surface area contributed by atoms with E-state index < -0.39 is 30.7 Å². The number of esters is 1. The molecule has 0 fully saturated rings. The summed E-state index contributed by atoms with van der Waals surface area (Å²) in [5, 5.41) is 10.9. The van der Waals surface area contributed by atoms with Crippen LogP contribution in [-0.4, -0.2) is 35.3 Å². The predicted octanol–water partition coefficient (Wildman–Crippen LogP) is 3.28. The van der Waals surface area contributed by atoms with Crippen molar-refractivity contribution in [2.24, 2.45) is 5.92 Å². The van der Waals surface area contributed by atoms with Crippen molar-refractivity contribution in [3.05, 3.63) is 28.6 Å². The number of amides is 1. The fourth-order valence-electron chi connectivity index (χ4n) is 2.52. The normalized spacial score (nSPS) is 13.2. The van der Waals surface area contributed by atoms with Gasteiger partial charge >= 0.3 is 12.1 Å². The van der Waals surface area contributed by atoms with Crippen molar-refractivity contribution in [3.8, 4) is 6.07 Å². The quantitative estimate of drug-likeness (QED) is 0.433. The zero-order chi connectivity index (χ0) is 21.6. The highest BCUT2D eigenvalue weighted by Crippen LogP contribution is 2.20. The van der Waals surface area contributed by atoms with Gasteiger partial charge in [0.1, 0.15) is 18.2 Å². The van der Waals surface area contributed by atoms with Gasteiger partial charge in [0.25, 0.3) is 5.91 Å². The summed E-state index contributed by atoms with van der Waals surface area (Å²) in [5.41, 5.74) is 2.13. The maximum atomic E-state index is 12.2. The predicted molar refractivity (Wildman–Crippen MR) is 97.0 cm³/mol. The minimum atomic E-state index is -4.57. The second-order valence-corrected chi connectivity index (χ2v) is 6.88. The molecule has 1 rings (SSSR count). The molecule has 1 heterocycles. The molecule has 1 aromatic rings. The summed E-state index contributed by atoms with van der Waals surface area (Å²) in [4.78, 5) is 23.8. The van der Waals surface area contributed by atoms with Gasteiger partial charge in [0.05, 0.1) is 0 Å². The lowest BCUT2D eigenvalue weighted by molar-refractivity contribution is -0.154. The van der Waals surface area contributed by atoms with Crippen molar-refractivity contribution in [3.63, 3.8) is 0 Å². The summed E-state index contributed by atoms with van der Waals surface area (Å²) >= 11 is 0. The third-order valence-electron chi connectivity index (χ3n) is 3.92. The Labute approximate surface area is 162 Å². The Morgan fingerprint density at radius 1 is 1.32 bits per heavy atom. The first kappa shape index (κ1) is 23.3. The monoisotopic (exact) mass is 399 g/mol. The first-order chi connectivity index (χ1) is 12.9. The molecule has 0 spiro atoms. The van der Waals surface area contributed by atoms with E-state index >= 15 is 0 Å². The largest absolute Gasteiger partial charge is 0.448 e. The molecule has 0 aromatic carbocycles. The van der Waals surface area contributed by atoms with Crippen molar-refractivity contribution < 1.29 is 27.5 Å². The summed E-state index contributed by atoms with van der Waals surface area (Å²) < 4.78 is 43.3. The van der Waals surface area contributed by atoms with Crippen LogP contribution in [0.5, 0.6) is 0 Å². The minimum Gasteiger partial charge on any atom is -0.448 e. The second kappa shape index (κ2) is 9.44. The first-order valence-corrected chi connectivity index (χ1v) is 8.69. The number of nitrogens with one attached hydrogen (secondary N) is 1. The van der Waals surface area contributed by atoms with Crippen LogP contribution in [0.25, 0.3) is 6.08 Å². The Kier molecular flexibility index (Phi) is 7.85. The van der Waals surface area contributed by atoms with Gasteiger partial charge < -0.3 is 14.6 Å². The van der Waals surface area contributed by atoms with Gasteiger partial charge in [0.2, 0.25) is 0 Å². The van der Waals surface area contributed by atoms with Crippen molar-refractivity contribution in [2.45, 2.75) is 53.4 Å². The van der Waals surface area contributed by atoms with Gasteiger partial charge in [0.15, 0.2) is 6.10 Å². The van der Waals surface area contributed by atoms with Crippen LogP contribution in [0.1, 0.15) is 37.7 Å². The zero-order valence-corrected chi connectivity index (χ0v) is 16.5. The Bertz CT molecular complexity index is 802. The number of alkyl halides is 3. The van der Waals surface area contributed by atoms with E-state index in [0.717, 1.165) is 24.9 Å². The first-order valence-electron chi connectivity index (χ1n) is 8.69. The lowest BCUT2D eigenvalue weighted by Crippen LogP contribution is -2.40. The van der Waals surface area contributed by atoms with Gasteiger partial charge in [0, 0.05) is 17.9 Å². The molecule has 0 saturated carbocycles. The number of aryl methyl sites for hydroxylation is 1. The van der Waals surface area contributed by atoms with E-state index in [1.165, 1.54) is 6.08 Å². The number of nitrogens with zero attached hydrogens (tertiary/aromatic N) is 2. The van der Waals surface area contributed by atoms with Crippen LogP contribution in [0.2, 0.25) is 0 Å². The molecule has 0 bridgehead atoms. The molecule has 0 saturated heterocycles. The van der Waals surface area contributed by atoms with Crippen molar-refractivity contribution in [1.82, 2.24) is 9.88 Å². The highest BCUT2D eigenvalue weighted by molar-refractivity contribution is 5.99. The smallest absolute Gasteiger partial charge is 0.405 e. The number of hydrogen-bond acceptors (Lipinski definition) is 4. The summed E-state index contributed by atoms with van der Waals surface area (Å²) in [6.45, 7) is 8.27. The molecular weight excluding hydrogens is 375 g/mol. The van der Waals surface area contributed by atoms with E-state index in [2.05, 4.69) is 18.4 Å². The van der Waals surface area contributed by atoms with E-state index in [4.69, 9.17) is 4.74 Å². The van der Waals surface area contributed by atoms with Crippen LogP contribution in [0.3, 0.4) is 0 Å². The number of carbonyl (C=O) groups is 2. The zero-order valence-electron chi connectivity index (χ0n) is 16.5. The standard InChI is InChI=1S/C19H24F3N3O3/c1-11(2)9-25-12(3)6-15(13(25)4)7-16(8-23)18(27)28-14(5)17(26)24-10-19(20,21)22/h6-7,11,14H,9-10H2,1-5H3,(H,24,26)/b16-7+. The van der Waals surface area contributed by atoms with Gasteiger partial charge in [-0.2, -0.15) is 18.4 Å². The van der Waals surface area contributed by atoms with Crippen LogP contribution < -0.4 is 5.32 Å². The second-order valence-electron chi connectivity index (χ2n) is 6.88. The molecule has 154 valence electrons. The number of carbonyl (C=O) groups excluding carboxylic acids is 2. The molecule has 1 N–H and O–H groups in total. The number of ether oxygens (including phenoxy) is 1. The van der Waals surface area contributed by atoms with Crippen molar-refractivity contribution in [2.75, 3.05) is 6.54 Å². The minimum absolute atomic E-state index is 0.347. The molecule has 1 aromatic heterocycles. The summed E-state index contributed by atoms with van der Waals surface area (Å²) in [6, 6.07) is 3.53. The van der Waals surface area contributed by atoms with Gasteiger partial charge in [-0.1, -0.05) is 13.8 Å². The van der Waals surface area contributed by atoms with Crippen LogP contribution in [-0.2, 0) is 20.9 Å². The Morgan fingerprint density at radius 3 is 2.43 bits per heavy atom. The van der Waals surface area contributed by atoms with Crippen LogP contribution in [0, 0.1) is 31.1 Å². The average molecular weight is 399 g/mol. The Hall–Kier alpha value is -2.76. The van der Waals surface area contributed by atoms with Gasteiger partial charge in [-0.05, 0) is 44.4 Å². The number of hydrogen-bond donors (Lipinski definition) is 1. The lowest BCUT2D eigenvalue weighted by Gasteiger charge is -2.14. The average Bonchev–Trinajstić information content (AvgIpc) is 2.83. The molecule has 0 aliphatic carbocycles. The fraction of sp³-hybridized carbons (Fsp3) is 0.526. The highest BCUT2D eigenvalue weighted by Gasteiger charge is 2.29. The van der Waals surface area contributed by atoms with Gasteiger partial charge in [-0.3, -0.25) is 4.79 Å². The maximum Gasteiger partial charge on any atom is 0.405 e. The van der Waals surface area contributed by atoms with Crippen LogP contribution in [0.4, 0.5) is 13.2 Å². The third kappa shape index (κ3) is 6.76. The topological polar surface area (TPSA) is 84.1 Å². The molecule has 1 atom stereocenters. The number of rotatable bonds is 7. The molecule has 9 heteroatoms. The molecule has 6 nitrogen and oxygen atoms in total. The Balaban J connectivity index is 2.92. The van der Waals surface area contributed by atoms with Crippen LogP contribution in [0.15, 0.2) is 11.6 Å². The third-order valence-corrected chi connectivity index (χ3v) is 3.92. The van der Waals surface area contributed by atoms with Crippen LogP contribution >= 0.6 is 0 Å². The molecule has 28 heavy (non-hydrogen) atoms. The summed E-state index contributed by atoms with van der Waals surface area (Å²) in [7, 11) is 0.